The van der Waals surface area contributed by atoms with Gasteiger partial charge < -0.3 is 19.5 Å². The number of rotatable bonds is 7. The van der Waals surface area contributed by atoms with Crippen molar-refractivity contribution >= 4 is 5.69 Å². The van der Waals surface area contributed by atoms with Gasteiger partial charge >= 0.3 is 0 Å². The van der Waals surface area contributed by atoms with E-state index in [1.54, 1.807) is 33.5 Å². The maximum absolute atomic E-state index is 8.97. The van der Waals surface area contributed by atoms with E-state index in [9.17, 15) is 0 Å². The predicted molar refractivity (Wildman–Crippen MR) is 74.0 cm³/mol. The maximum Gasteiger partial charge on any atom is 0.149 e. The lowest BCUT2D eigenvalue weighted by Crippen LogP contribution is -2.13. The predicted octanol–water partition coefficient (Wildman–Crippen LogP) is 2.67. The van der Waals surface area contributed by atoms with Crippen molar-refractivity contribution in [3.8, 4) is 23.3 Å². The van der Waals surface area contributed by atoms with Crippen molar-refractivity contribution in [2.24, 2.45) is 5.92 Å². The second kappa shape index (κ2) is 7.37. The minimum absolute atomic E-state index is 0.0449. The summed E-state index contributed by atoms with van der Waals surface area (Å²) in [4.78, 5) is 0. The summed E-state index contributed by atoms with van der Waals surface area (Å²) in [7, 11) is 4.76. The zero-order valence-electron chi connectivity index (χ0n) is 11.8. The highest BCUT2D eigenvalue weighted by Crippen LogP contribution is 2.38. The minimum atomic E-state index is -0.0449. The van der Waals surface area contributed by atoms with Crippen molar-refractivity contribution in [1.29, 1.82) is 5.26 Å². The Labute approximate surface area is 114 Å². The lowest BCUT2D eigenvalue weighted by Gasteiger charge is -2.17. The third kappa shape index (κ3) is 3.68. The first-order valence-corrected chi connectivity index (χ1v) is 6.13. The number of hydrogen-bond donors (Lipinski definition) is 1. The Balaban J connectivity index is 3.00. The van der Waals surface area contributed by atoms with Gasteiger partial charge in [0.2, 0.25) is 0 Å². The second-order valence-electron chi connectivity index (χ2n) is 4.02. The van der Waals surface area contributed by atoms with Gasteiger partial charge in [-0.3, -0.25) is 0 Å². The van der Waals surface area contributed by atoms with E-state index in [1.165, 1.54) is 0 Å². The highest BCUT2D eigenvalue weighted by molar-refractivity contribution is 5.68. The smallest absolute Gasteiger partial charge is 0.149 e. The number of anilines is 1. The van der Waals surface area contributed by atoms with Crippen molar-refractivity contribution in [3.05, 3.63) is 12.1 Å². The number of hydrogen-bond acceptors (Lipinski definition) is 5. The lowest BCUT2D eigenvalue weighted by molar-refractivity contribution is 0.377. The largest absolute Gasteiger partial charge is 0.496 e. The van der Waals surface area contributed by atoms with Crippen molar-refractivity contribution in [1.82, 2.24) is 0 Å². The summed E-state index contributed by atoms with van der Waals surface area (Å²) in [6.45, 7) is 2.53. The van der Waals surface area contributed by atoms with Gasteiger partial charge in [-0.25, -0.2) is 0 Å². The van der Waals surface area contributed by atoms with Crippen molar-refractivity contribution in [2.75, 3.05) is 33.2 Å². The molecule has 0 aliphatic heterocycles. The van der Waals surface area contributed by atoms with E-state index in [4.69, 9.17) is 19.5 Å². The molecule has 1 rings (SSSR count). The second-order valence-corrected chi connectivity index (χ2v) is 4.02. The van der Waals surface area contributed by atoms with Gasteiger partial charge in [-0.15, -0.1) is 0 Å². The first-order chi connectivity index (χ1) is 9.19. The standard InChI is InChI=1S/C14H20N2O3/c1-5-10(8-15)9-16-14-12(18-3)6-11(17-2)7-13(14)19-4/h6-7,10,16H,5,9H2,1-4H3. The van der Waals surface area contributed by atoms with E-state index in [0.717, 1.165) is 12.1 Å². The van der Waals surface area contributed by atoms with E-state index in [-0.39, 0.29) is 5.92 Å². The molecule has 104 valence electrons. The molecule has 1 aromatic carbocycles. The molecule has 5 heteroatoms. The van der Waals surface area contributed by atoms with Crippen LogP contribution in [-0.4, -0.2) is 27.9 Å². The molecule has 0 bridgehead atoms. The summed E-state index contributed by atoms with van der Waals surface area (Å²) < 4.78 is 15.8. The van der Waals surface area contributed by atoms with Gasteiger partial charge in [-0.2, -0.15) is 5.26 Å². The van der Waals surface area contributed by atoms with Crippen LogP contribution in [0.2, 0.25) is 0 Å². The molecule has 0 aliphatic carbocycles. The van der Waals surface area contributed by atoms with Crippen LogP contribution in [0.15, 0.2) is 12.1 Å². The van der Waals surface area contributed by atoms with Gasteiger partial charge in [0.25, 0.3) is 0 Å². The molecule has 1 atom stereocenters. The molecule has 1 aromatic rings. The molecule has 5 nitrogen and oxygen atoms in total. The molecule has 0 aliphatic rings. The molecular formula is C14H20N2O3. The molecule has 0 spiro atoms. The van der Waals surface area contributed by atoms with Gasteiger partial charge in [0.05, 0.1) is 33.3 Å². The number of nitrogens with one attached hydrogen (secondary N) is 1. The van der Waals surface area contributed by atoms with Crippen LogP contribution in [0.25, 0.3) is 0 Å². The highest BCUT2D eigenvalue weighted by Gasteiger charge is 2.14. The Hall–Kier alpha value is -2.09. The molecule has 0 saturated carbocycles. The Morgan fingerprint density at radius 2 is 1.74 bits per heavy atom. The first kappa shape index (κ1) is 15.0. The molecule has 19 heavy (non-hydrogen) atoms. The monoisotopic (exact) mass is 264 g/mol. The van der Waals surface area contributed by atoms with Crippen LogP contribution in [0.4, 0.5) is 5.69 Å². The van der Waals surface area contributed by atoms with Crippen LogP contribution in [0.3, 0.4) is 0 Å². The van der Waals surface area contributed by atoms with E-state index in [0.29, 0.717) is 23.8 Å². The van der Waals surface area contributed by atoms with Gasteiger partial charge in [0, 0.05) is 18.7 Å². The highest BCUT2D eigenvalue weighted by atomic mass is 16.5. The molecular weight excluding hydrogens is 244 g/mol. The van der Waals surface area contributed by atoms with Crippen molar-refractivity contribution in [2.45, 2.75) is 13.3 Å². The number of benzene rings is 1. The lowest BCUT2D eigenvalue weighted by atomic mass is 10.1. The summed E-state index contributed by atoms with van der Waals surface area (Å²) in [5.41, 5.74) is 0.736. The number of ether oxygens (including phenoxy) is 3. The van der Waals surface area contributed by atoms with Gasteiger partial charge in [-0.1, -0.05) is 6.92 Å². The Kier molecular flexibility index (Phi) is 5.80. The fourth-order valence-corrected chi connectivity index (χ4v) is 1.69. The summed E-state index contributed by atoms with van der Waals surface area (Å²) >= 11 is 0. The molecule has 0 fully saturated rings. The van der Waals surface area contributed by atoms with Gasteiger partial charge in [0.15, 0.2) is 0 Å². The van der Waals surface area contributed by atoms with Crippen molar-refractivity contribution < 1.29 is 14.2 Å². The summed E-state index contributed by atoms with van der Waals surface area (Å²) in [6, 6.07) is 5.80. The fourth-order valence-electron chi connectivity index (χ4n) is 1.69. The molecule has 0 heterocycles. The molecule has 1 N–H and O–H groups in total. The molecule has 0 amide bonds. The van der Waals surface area contributed by atoms with Crippen LogP contribution >= 0.6 is 0 Å². The average Bonchev–Trinajstić information content (AvgIpc) is 2.47. The quantitative estimate of drug-likeness (QED) is 0.820. The topological polar surface area (TPSA) is 63.5 Å². The van der Waals surface area contributed by atoms with Crippen LogP contribution in [0.5, 0.6) is 17.2 Å². The summed E-state index contributed by atoms with van der Waals surface area (Å²) in [6.07, 6.45) is 0.796. The molecule has 0 saturated heterocycles. The summed E-state index contributed by atoms with van der Waals surface area (Å²) in [5, 5.41) is 12.2. The summed E-state index contributed by atoms with van der Waals surface area (Å²) in [5.74, 6) is 1.87. The number of methoxy groups -OCH3 is 3. The Morgan fingerprint density at radius 1 is 1.16 bits per heavy atom. The third-order valence-electron chi connectivity index (χ3n) is 2.92. The van der Waals surface area contributed by atoms with E-state index >= 15 is 0 Å². The number of nitrogens with zero attached hydrogens (tertiary/aromatic N) is 1. The van der Waals surface area contributed by atoms with Gasteiger partial charge in [0.1, 0.15) is 22.9 Å². The van der Waals surface area contributed by atoms with Crippen molar-refractivity contribution in [3.63, 3.8) is 0 Å². The zero-order chi connectivity index (χ0) is 14.3. The zero-order valence-corrected chi connectivity index (χ0v) is 11.8. The molecule has 0 radical (unpaired) electrons. The van der Waals surface area contributed by atoms with Crippen LogP contribution in [0.1, 0.15) is 13.3 Å². The maximum atomic E-state index is 8.97. The minimum Gasteiger partial charge on any atom is -0.496 e. The van der Waals surface area contributed by atoms with Gasteiger partial charge in [-0.05, 0) is 6.42 Å². The van der Waals surface area contributed by atoms with Crippen LogP contribution in [0, 0.1) is 17.2 Å². The SMILES string of the molecule is CCC(C#N)CNc1c(OC)cc(OC)cc1OC. The normalized spacial score (nSPS) is 11.3. The average molecular weight is 264 g/mol. The van der Waals surface area contributed by atoms with E-state index < -0.39 is 0 Å². The molecule has 0 aromatic heterocycles. The number of nitriles is 1. The Morgan fingerprint density at radius 3 is 2.11 bits per heavy atom. The van der Waals surface area contributed by atoms with E-state index in [2.05, 4.69) is 11.4 Å². The fraction of sp³-hybridized carbons (Fsp3) is 0.500. The van der Waals surface area contributed by atoms with Crippen LogP contribution in [-0.2, 0) is 0 Å². The Bertz CT molecular complexity index is 429. The molecule has 1 unspecified atom stereocenters. The van der Waals surface area contributed by atoms with Crippen LogP contribution < -0.4 is 19.5 Å². The van der Waals surface area contributed by atoms with E-state index in [1.807, 2.05) is 6.92 Å². The third-order valence-corrected chi connectivity index (χ3v) is 2.92. The first-order valence-electron chi connectivity index (χ1n) is 6.13.